The molecular formula is C15H20ClN3O2. The summed E-state index contributed by atoms with van der Waals surface area (Å²) in [5.74, 6) is -0.0327. The molecule has 1 fully saturated rings. The molecule has 1 saturated heterocycles. The normalized spacial score (nSPS) is 24.9. The molecule has 114 valence electrons. The summed E-state index contributed by atoms with van der Waals surface area (Å²) in [5, 5.41) is 6.62. The number of nitrogens with one attached hydrogen (secondary N) is 2. The number of carbonyl (C=O) groups is 1. The van der Waals surface area contributed by atoms with E-state index in [1.165, 1.54) is 0 Å². The molecule has 2 aliphatic rings. The Morgan fingerprint density at radius 3 is 3.05 bits per heavy atom. The van der Waals surface area contributed by atoms with Crippen molar-refractivity contribution in [2.45, 2.75) is 25.4 Å². The number of benzene rings is 1. The molecule has 1 aromatic carbocycles. The van der Waals surface area contributed by atoms with Gasteiger partial charge in [-0.15, -0.1) is 0 Å². The molecular weight excluding hydrogens is 290 g/mol. The quantitative estimate of drug-likeness (QED) is 0.898. The fourth-order valence-corrected chi connectivity index (χ4v) is 3.37. The van der Waals surface area contributed by atoms with Gasteiger partial charge in [0.2, 0.25) is 5.91 Å². The first-order valence-electron chi connectivity index (χ1n) is 7.31. The number of nitrogens with zero attached hydrogens (tertiary/aromatic N) is 1. The van der Waals surface area contributed by atoms with Gasteiger partial charge in [0.25, 0.3) is 0 Å². The Morgan fingerprint density at radius 2 is 2.33 bits per heavy atom. The van der Waals surface area contributed by atoms with Crippen LogP contribution >= 0.6 is 11.6 Å². The number of anilines is 2. The molecule has 1 aromatic rings. The molecule has 0 spiro atoms. The maximum atomic E-state index is 11.9. The van der Waals surface area contributed by atoms with E-state index in [4.69, 9.17) is 16.3 Å². The Morgan fingerprint density at radius 1 is 1.52 bits per heavy atom. The highest BCUT2D eigenvalue weighted by Crippen LogP contribution is 2.39. The zero-order chi connectivity index (χ0) is 15.0. The first kappa shape index (κ1) is 14.6. The van der Waals surface area contributed by atoms with Crippen LogP contribution in [0.2, 0.25) is 5.02 Å². The molecule has 0 bridgehead atoms. The van der Waals surface area contributed by atoms with Crippen molar-refractivity contribution in [3.63, 3.8) is 0 Å². The van der Waals surface area contributed by atoms with Gasteiger partial charge < -0.3 is 20.3 Å². The van der Waals surface area contributed by atoms with Crippen molar-refractivity contribution in [2.75, 3.05) is 37.0 Å². The van der Waals surface area contributed by atoms with E-state index in [0.29, 0.717) is 17.7 Å². The number of hydrogen-bond donors (Lipinski definition) is 2. The molecule has 0 saturated carbocycles. The van der Waals surface area contributed by atoms with E-state index in [9.17, 15) is 4.79 Å². The van der Waals surface area contributed by atoms with Crippen LogP contribution in [0.3, 0.4) is 0 Å². The minimum Gasteiger partial charge on any atom is -0.377 e. The third kappa shape index (κ3) is 2.50. The van der Waals surface area contributed by atoms with Gasteiger partial charge in [0.15, 0.2) is 0 Å². The van der Waals surface area contributed by atoms with E-state index < -0.39 is 0 Å². The van der Waals surface area contributed by atoms with Crippen molar-refractivity contribution >= 4 is 28.9 Å². The van der Waals surface area contributed by atoms with Gasteiger partial charge in [0.05, 0.1) is 30.0 Å². The molecule has 0 aromatic heterocycles. The summed E-state index contributed by atoms with van der Waals surface area (Å²) in [5.41, 5.74) is 2.74. The fraction of sp³-hybridized carbons (Fsp3) is 0.533. The number of ether oxygens (including phenoxy) is 1. The lowest BCUT2D eigenvalue weighted by Gasteiger charge is -2.37. The predicted octanol–water partition coefficient (Wildman–Crippen LogP) is 2.17. The van der Waals surface area contributed by atoms with Crippen LogP contribution in [0.1, 0.15) is 24.9 Å². The molecule has 1 amide bonds. The summed E-state index contributed by atoms with van der Waals surface area (Å²) in [7, 11) is 1.77. The highest BCUT2D eigenvalue weighted by molar-refractivity contribution is 6.33. The van der Waals surface area contributed by atoms with Crippen LogP contribution in [-0.2, 0) is 9.53 Å². The van der Waals surface area contributed by atoms with Gasteiger partial charge in [0, 0.05) is 17.8 Å². The monoisotopic (exact) mass is 309 g/mol. The van der Waals surface area contributed by atoms with Gasteiger partial charge >= 0.3 is 0 Å². The summed E-state index contributed by atoms with van der Waals surface area (Å²) in [6.45, 7) is 4.39. The number of morpholine rings is 1. The summed E-state index contributed by atoms with van der Waals surface area (Å²) < 4.78 is 5.54. The lowest BCUT2D eigenvalue weighted by molar-refractivity contribution is -0.117. The summed E-state index contributed by atoms with van der Waals surface area (Å²) in [6.07, 6.45) is 0.999. The van der Waals surface area contributed by atoms with Crippen LogP contribution < -0.4 is 15.5 Å². The standard InChI is InChI=1S/C15H20ClN3O2/c1-3-9-8-21-5-4-19(9)13-7-12-10(6-11(13)16)14(17-2)15(20)18-12/h6-7,9,14,17H,3-5,8H2,1-2H3,(H,18,20). The lowest BCUT2D eigenvalue weighted by atomic mass is 10.1. The van der Waals surface area contributed by atoms with E-state index in [1.54, 1.807) is 7.05 Å². The van der Waals surface area contributed by atoms with Crippen LogP contribution in [0.25, 0.3) is 0 Å². The average molecular weight is 310 g/mol. The van der Waals surface area contributed by atoms with Gasteiger partial charge in [-0.3, -0.25) is 4.79 Å². The Labute approximate surface area is 129 Å². The second kappa shape index (κ2) is 5.83. The zero-order valence-corrected chi connectivity index (χ0v) is 13.0. The van der Waals surface area contributed by atoms with E-state index in [-0.39, 0.29) is 11.9 Å². The molecule has 2 N–H and O–H groups in total. The maximum absolute atomic E-state index is 11.9. The van der Waals surface area contributed by atoms with Gasteiger partial charge in [0.1, 0.15) is 6.04 Å². The van der Waals surface area contributed by atoms with Crippen LogP contribution in [0.5, 0.6) is 0 Å². The summed E-state index contributed by atoms with van der Waals surface area (Å²) >= 11 is 6.48. The number of rotatable bonds is 3. The largest absolute Gasteiger partial charge is 0.377 e. The van der Waals surface area contributed by atoms with Crippen LogP contribution in [0, 0.1) is 0 Å². The van der Waals surface area contributed by atoms with Crippen molar-refractivity contribution in [3.05, 3.63) is 22.7 Å². The van der Waals surface area contributed by atoms with E-state index >= 15 is 0 Å². The van der Waals surface area contributed by atoms with Gasteiger partial charge in [-0.05, 0) is 25.6 Å². The topological polar surface area (TPSA) is 53.6 Å². The Hall–Kier alpha value is -1.30. The fourth-order valence-electron chi connectivity index (χ4n) is 3.09. The minimum atomic E-state index is -0.321. The predicted molar refractivity (Wildman–Crippen MR) is 84.1 cm³/mol. The second-order valence-corrected chi connectivity index (χ2v) is 5.84. The number of amides is 1. The number of hydrogen-bond acceptors (Lipinski definition) is 4. The molecule has 0 radical (unpaired) electrons. The van der Waals surface area contributed by atoms with Crippen LogP contribution in [-0.4, -0.2) is 38.8 Å². The minimum absolute atomic E-state index is 0.0327. The average Bonchev–Trinajstić information content (AvgIpc) is 2.80. The van der Waals surface area contributed by atoms with Crippen LogP contribution in [0.15, 0.2) is 12.1 Å². The summed E-state index contributed by atoms with van der Waals surface area (Å²) in [4.78, 5) is 14.2. The molecule has 0 aliphatic carbocycles. The van der Waals surface area contributed by atoms with Crippen molar-refractivity contribution < 1.29 is 9.53 Å². The smallest absolute Gasteiger partial charge is 0.246 e. The molecule has 2 atom stereocenters. The lowest BCUT2D eigenvalue weighted by Crippen LogP contribution is -2.45. The Balaban J connectivity index is 1.98. The van der Waals surface area contributed by atoms with E-state index in [1.807, 2.05) is 12.1 Å². The number of fused-ring (bicyclic) bond motifs is 1. The van der Waals surface area contributed by atoms with E-state index in [2.05, 4.69) is 22.5 Å². The highest BCUT2D eigenvalue weighted by Gasteiger charge is 2.32. The molecule has 2 aliphatic heterocycles. The van der Waals surface area contributed by atoms with Gasteiger partial charge in [-0.25, -0.2) is 0 Å². The third-order valence-corrected chi connectivity index (χ3v) is 4.55. The van der Waals surface area contributed by atoms with Crippen molar-refractivity contribution in [1.82, 2.24) is 5.32 Å². The Kier molecular flexibility index (Phi) is 4.06. The van der Waals surface area contributed by atoms with Crippen molar-refractivity contribution in [1.29, 1.82) is 0 Å². The van der Waals surface area contributed by atoms with Crippen LogP contribution in [0.4, 0.5) is 11.4 Å². The first-order chi connectivity index (χ1) is 10.2. The zero-order valence-electron chi connectivity index (χ0n) is 12.3. The number of halogens is 1. The van der Waals surface area contributed by atoms with Crippen molar-refractivity contribution in [3.8, 4) is 0 Å². The molecule has 5 nitrogen and oxygen atoms in total. The molecule has 21 heavy (non-hydrogen) atoms. The Bertz CT molecular complexity index is 564. The van der Waals surface area contributed by atoms with Gasteiger partial charge in [-0.2, -0.15) is 0 Å². The summed E-state index contributed by atoms with van der Waals surface area (Å²) in [6, 6.07) is 3.89. The van der Waals surface area contributed by atoms with Gasteiger partial charge in [-0.1, -0.05) is 18.5 Å². The molecule has 2 heterocycles. The van der Waals surface area contributed by atoms with Crippen molar-refractivity contribution in [2.24, 2.45) is 0 Å². The molecule has 6 heteroatoms. The SMILES string of the molecule is CCC1COCCN1c1cc2c(cc1Cl)C(NC)C(=O)N2. The first-order valence-corrected chi connectivity index (χ1v) is 7.69. The third-order valence-electron chi connectivity index (χ3n) is 4.25. The molecule has 2 unspecified atom stereocenters. The molecule has 3 rings (SSSR count). The second-order valence-electron chi connectivity index (χ2n) is 5.43. The highest BCUT2D eigenvalue weighted by atomic mass is 35.5. The number of likely N-dealkylation sites (N-methyl/N-ethyl adjacent to an activating group) is 1. The maximum Gasteiger partial charge on any atom is 0.246 e. The van der Waals surface area contributed by atoms with E-state index in [0.717, 1.165) is 36.5 Å². The number of carbonyl (C=O) groups excluding carboxylic acids is 1.